The zero-order valence-electron chi connectivity index (χ0n) is 27.0. The molecule has 9 nitrogen and oxygen atoms in total. The van der Waals surface area contributed by atoms with Gasteiger partial charge in [-0.1, -0.05) is 0 Å². The molecule has 2 bridgehead atoms. The first kappa shape index (κ1) is 31.7. The van der Waals surface area contributed by atoms with E-state index in [2.05, 4.69) is 26.3 Å². The van der Waals surface area contributed by atoms with Crippen LogP contribution in [0.4, 0.5) is 35.3 Å². The molecule has 2 atom stereocenters. The first-order valence-electron chi connectivity index (χ1n) is 16.5. The third-order valence-electron chi connectivity index (χ3n) is 9.56. The number of hydrogen-bond donors (Lipinski definition) is 1. The Morgan fingerprint density at radius 3 is 2.48 bits per heavy atom. The molecule has 2 aromatic heterocycles. The number of amides is 2. The predicted molar refractivity (Wildman–Crippen MR) is 179 cm³/mol. The number of thiophene rings is 1. The predicted octanol–water partition coefficient (Wildman–Crippen LogP) is 7.75. The Morgan fingerprint density at radius 1 is 1.02 bits per heavy atom. The van der Waals surface area contributed by atoms with Gasteiger partial charge in [0.2, 0.25) is 5.95 Å². The number of ether oxygens (including phenoxy) is 1. The standard InChI is InChI=1S/C34H37F3N6O3S2/c1-33(2,3)46-32(45)43-17-21-12-22(43)16-42(21)20-8-9-25(23(13-20)18-4-5-18)39-31-38-15-24(34(35,36)37)28(40-31)26-14-27-29(48-26)30(44)41(10-11-47-27)19-6-7-19/h8-9,13-15,18-19,21-22H,4-7,10-12,16-17H2,1-3H3,(H,38,39,40)/t21-,22?/m0/s1. The highest BCUT2D eigenvalue weighted by atomic mass is 32.2. The van der Waals surface area contributed by atoms with E-state index in [0.29, 0.717) is 39.4 Å². The number of nitrogens with one attached hydrogen (secondary N) is 1. The quantitative estimate of drug-likeness (QED) is 0.280. The van der Waals surface area contributed by atoms with Gasteiger partial charge in [0.25, 0.3) is 5.91 Å². The number of hydrogen-bond acceptors (Lipinski definition) is 9. The van der Waals surface area contributed by atoms with Crippen LogP contribution in [-0.2, 0) is 10.9 Å². The number of aromatic nitrogens is 2. The van der Waals surface area contributed by atoms with Crippen molar-refractivity contribution in [2.45, 2.75) is 93.6 Å². The van der Waals surface area contributed by atoms with E-state index in [-0.39, 0.29) is 41.8 Å². The average molecular weight is 699 g/mol. The van der Waals surface area contributed by atoms with Gasteiger partial charge < -0.3 is 24.8 Å². The smallest absolute Gasteiger partial charge is 0.420 e. The molecule has 2 saturated heterocycles. The highest BCUT2D eigenvalue weighted by Gasteiger charge is 2.47. The van der Waals surface area contributed by atoms with Gasteiger partial charge in [-0.25, -0.2) is 14.8 Å². The summed E-state index contributed by atoms with van der Waals surface area (Å²) in [5, 5.41) is 3.24. The fourth-order valence-electron chi connectivity index (χ4n) is 7.03. The van der Waals surface area contributed by atoms with Crippen molar-refractivity contribution < 1.29 is 27.5 Å². The molecule has 0 spiro atoms. The summed E-state index contributed by atoms with van der Waals surface area (Å²) >= 11 is 2.59. The molecule has 5 heterocycles. The Kier molecular flexibility index (Phi) is 7.62. The maximum Gasteiger partial charge on any atom is 0.420 e. The molecule has 8 rings (SSSR count). The topological polar surface area (TPSA) is 90.9 Å². The molecule has 3 aromatic rings. The lowest BCUT2D eigenvalue weighted by Gasteiger charge is -2.36. The molecular weight excluding hydrogens is 662 g/mol. The number of halogens is 3. The number of alkyl halides is 3. The van der Waals surface area contributed by atoms with Crippen molar-refractivity contribution in [3.05, 3.63) is 46.5 Å². The van der Waals surface area contributed by atoms with Gasteiger partial charge in [-0.3, -0.25) is 4.79 Å². The summed E-state index contributed by atoms with van der Waals surface area (Å²) in [5.74, 6) is 1.01. The van der Waals surface area contributed by atoms with Crippen LogP contribution in [0, 0.1) is 0 Å². The molecule has 2 saturated carbocycles. The summed E-state index contributed by atoms with van der Waals surface area (Å²) in [6.45, 7) is 7.58. The lowest BCUT2D eigenvalue weighted by atomic mass is 10.1. The van der Waals surface area contributed by atoms with Crippen molar-refractivity contribution in [3.63, 3.8) is 0 Å². The summed E-state index contributed by atoms with van der Waals surface area (Å²) in [4.78, 5) is 42.2. The van der Waals surface area contributed by atoms with Gasteiger partial charge in [-0.2, -0.15) is 13.2 Å². The number of anilines is 3. The van der Waals surface area contributed by atoms with Gasteiger partial charge in [-0.15, -0.1) is 23.1 Å². The van der Waals surface area contributed by atoms with Crippen LogP contribution in [0.2, 0.25) is 0 Å². The molecular formula is C34H37F3N6O3S2. The Morgan fingerprint density at radius 2 is 1.81 bits per heavy atom. The van der Waals surface area contributed by atoms with Gasteiger partial charge in [0, 0.05) is 59.9 Å². The maximum atomic E-state index is 14.3. The summed E-state index contributed by atoms with van der Waals surface area (Å²) in [5.41, 5.74) is 1.21. The number of likely N-dealkylation sites (tertiary alicyclic amines) is 1. The number of piperazine rings is 1. The van der Waals surface area contributed by atoms with Crippen molar-refractivity contribution in [1.29, 1.82) is 0 Å². The van der Waals surface area contributed by atoms with Crippen LogP contribution in [0.25, 0.3) is 10.6 Å². The van der Waals surface area contributed by atoms with Gasteiger partial charge in [0.1, 0.15) is 16.0 Å². The Balaban J connectivity index is 1.05. The summed E-state index contributed by atoms with van der Waals surface area (Å²) in [7, 11) is 0. The Bertz CT molecular complexity index is 1780. The molecule has 2 amide bonds. The highest BCUT2D eigenvalue weighted by Crippen LogP contribution is 2.48. The van der Waals surface area contributed by atoms with Crippen LogP contribution < -0.4 is 10.2 Å². The van der Waals surface area contributed by atoms with Crippen molar-refractivity contribution >= 4 is 52.4 Å². The van der Waals surface area contributed by atoms with Crippen LogP contribution in [0.3, 0.4) is 0 Å². The van der Waals surface area contributed by atoms with Gasteiger partial charge >= 0.3 is 12.3 Å². The first-order valence-corrected chi connectivity index (χ1v) is 18.3. The number of carbonyl (C=O) groups is 2. The minimum atomic E-state index is -4.67. The number of carbonyl (C=O) groups excluding carboxylic acids is 2. The summed E-state index contributed by atoms with van der Waals surface area (Å²) in [6, 6.07) is 8.32. The fourth-order valence-corrected chi connectivity index (χ4v) is 9.34. The molecule has 5 aliphatic rings. The van der Waals surface area contributed by atoms with E-state index in [0.717, 1.165) is 73.1 Å². The molecule has 0 radical (unpaired) electrons. The molecule has 1 unspecified atom stereocenters. The molecule has 4 fully saturated rings. The van der Waals surface area contributed by atoms with Crippen molar-refractivity contribution in [2.75, 3.05) is 35.6 Å². The van der Waals surface area contributed by atoms with Crippen LogP contribution in [0.15, 0.2) is 35.4 Å². The van der Waals surface area contributed by atoms with E-state index in [9.17, 15) is 22.8 Å². The van der Waals surface area contributed by atoms with Crippen LogP contribution in [0.5, 0.6) is 0 Å². The SMILES string of the molecule is CC(C)(C)OC(=O)N1C[C@@H]2CC1CN2c1ccc(Nc2ncc(C(F)(F)F)c(-c3cc4c(s3)C(=O)N(C3CC3)CCS4)n2)c(C2CC2)c1. The minimum absolute atomic E-state index is 0.0723. The lowest BCUT2D eigenvalue weighted by molar-refractivity contribution is -0.137. The molecule has 1 N–H and O–H groups in total. The van der Waals surface area contributed by atoms with E-state index in [1.165, 1.54) is 11.8 Å². The average Bonchev–Trinajstić information content (AvgIpc) is 3.94. The second-order valence-corrected chi connectivity index (χ2v) is 16.5. The minimum Gasteiger partial charge on any atom is -0.444 e. The van der Waals surface area contributed by atoms with Crippen LogP contribution in [0.1, 0.15) is 79.6 Å². The normalized spacial score (nSPS) is 22.6. The van der Waals surface area contributed by atoms with E-state index in [1.807, 2.05) is 42.7 Å². The van der Waals surface area contributed by atoms with Crippen molar-refractivity contribution in [2.24, 2.45) is 0 Å². The third-order valence-corrected chi connectivity index (χ3v) is 11.8. The Hall–Kier alpha value is -3.52. The summed E-state index contributed by atoms with van der Waals surface area (Å²) in [6.07, 6.45) is 0.783. The van der Waals surface area contributed by atoms with E-state index >= 15 is 0 Å². The van der Waals surface area contributed by atoms with Gasteiger partial charge in [-0.05, 0) is 88.6 Å². The number of thioether (sulfide) groups is 1. The zero-order chi connectivity index (χ0) is 33.5. The largest absolute Gasteiger partial charge is 0.444 e. The van der Waals surface area contributed by atoms with Crippen molar-refractivity contribution in [3.8, 4) is 10.6 Å². The molecule has 48 heavy (non-hydrogen) atoms. The third kappa shape index (κ3) is 6.10. The second-order valence-electron chi connectivity index (χ2n) is 14.3. The van der Waals surface area contributed by atoms with E-state index in [1.54, 1.807) is 6.07 Å². The van der Waals surface area contributed by atoms with Crippen LogP contribution in [-0.4, -0.2) is 80.9 Å². The number of rotatable bonds is 6. The fraction of sp³-hybridized carbons (Fsp3) is 0.529. The number of nitrogens with zero attached hydrogens (tertiary/aromatic N) is 5. The Labute approximate surface area is 285 Å². The lowest BCUT2D eigenvalue weighted by Crippen LogP contribution is -2.50. The number of benzene rings is 1. The van der Waals surface area contributed by atoms with E-state index in [4.69, 9.17) is 4.74 Å². The van der Waals surface area contributed by atoms with Gasteiger partial charge in [0.15, 0.2) is 0 Å². The van der Waals surface area contributed by atoms with E-state index < -0.39 is 17.3 Å². The molecule has 3 aliphatic heterocycles. The molecule has 2 aliphatic carbocycles. The monoisotopic (exact) mass is 698 g/mol. The maximum absolute atomic E-state index is 14.3. The first-order chi connectivity index (χ1) is 22.8. The zero-order valence-corrected chi connectivity index (χ0v) is 28.6. The molecule has 14 heteroatoms. The van der Waals surface area contributed by atoms with Crippen molar-refractivity contribution in [1.82, 2.24) is 19.8 Å². The van der Waals surface area contributed by atoms with Gasteiger partial charge in [0.05, 0.1) is 16.6 Å². The molecule has 254 valence electrons. The summed E-state index contributed by atoms with van der Waals surface area (Å²) < 4.78 is 48.4. The number of fused-ring (bicyclic) bond motifs is 3. The highest BCUT2D eigenvalue weighted by molar-refractivity contribution is 7.99. The van der Waals surface area contributed by atoms with Crippen LogP contribution >= 0.6 is 23.1 Å². The second kappa shape index (κ2) is 11.5. The molecule has 1 aromatic carbocycles.